The Hall–Kier alpha value is -4.93. The van der Waals surface area contributed by atoms with Crippen LogP contribution in [-0.4, -0.2) is 63.4 Å². The number of rotatable bonds is 15. The number of aryl methyl sites for hydroxylation is 2. The number of anilines is 1. The van der Waals surface area contributed by atoms with Crippen molar-refractivity contribution in [1.82, 2.24) is 26.0 Å². The van der Waals surface area contributed by atoms with Gasteiger partial charge in [0.25, 0.3) is 5.91 Å². The molecule has 1 aliphatic rings. The summed E-state index contributed by atoms with van der Waals surface area (Å²) in [5, 5.41) is 23.3. The molecule has 0 unspecified atom stereocenters. The van der Waals surface area contributed by atoms with Crippen molar-refractivity contribution >= 4 is 17.5 Å². The molecule has 4 aromatic rings. The second-order valence-electron chi connectivity index (χ2n) is 12.1. The zero-order valence-electron chi connectivity index (χ0n) is 28.1. The lowest BCUT2D eigenvalue weighted by atomic mass is 9.76. The Bertz CT molecular complexity index is 1790. The highest BCUT2D eigenvalue weighted by atomic mass is 19.1. The number of hydrogen-bond acceptors (Lipinski definition) is 10. The number of carbonyl (C=O) groups excluding carboxylic acids is 2. The number of carbonyl (C=O) groups is 2. The molecule has 1 aromatic heterocycles. The summed E-state index contributed by atoms with van der Waals surface area (Å²) in [5.74, 6) is -4.50. The van der Waals surface area contributed by atoms with E-state index in [0.717, 1.165) is 0 Å². The van der Waals surface area contributed by atoms with Gasteiger partial charge in [-0.05, 0) is 44.4 Å². The Morgan fingerprint density at radius 2 is 1.61 bits per heavy atom. The molecule has 15 heteroatoms. The molecule has 2 amide bonds. The quantitative estimate of drug-likeness (QED) is 0.0979. The van der Waals surface area contributed by atoms with Crippen molar-refractivity contribution in [2.45, 2.75) is 57.7 Å². The van der Waals surface area contributed by atoms with Gasteiger partial charge in [-0.1, -0.05) is 61.4 Å². The van der Waals surface area contributed by atoms with E-state index in [1.54, 1.807) is 74.5 Å². The molecule has 1 aliphatic heterocycles. The molecule has 2 atom stereocenters. The minimum Gasteiger partial charge on any atom is -0.447 e. The zero-order chi connectivity index (χ0) is 36.5. The summed E-state index contributed by atoms with van der Waals surface area (Å²) in [5.41, 5.74) is 0.267. The fourth-order valence-corrected chi connectivity index (χ4v) is 6.20. The van der Waals surface area contributed by atoms with Crippen LogP contribution in [0.2, 0.25) is 0 Å². The first-order valence-corrected chi connectivity index (χ1v) is 16.4. The Morgan fingerprint density at radius 1 is 0.961 bits per heavy atom. The Kier molecular flexibility index (Phi) is 12.3. The Morgan fingerprint density at radius 3 is 2.29 bits per heavy atom. The van der Waals surface area contributed by atoms with E-state index in [4.69, 9.17) is 15.2 Å². The molecule has 0 saturated carbocycles. The molecule has 0 fully saturated rings. The van der Waals surface area contributed by atoms with Crippen LogP contribution in [-0.2, 0) is 26.5 Å². The summed E-state index contributed by atoms with van der Waals surface area (Å²) in [6, 6.07) is 18.4. The topological polar surface area (TPSA) is 149 Å². The minimum atomic E-state index is -1.59. The van der Waals surface area contributed by atoms with E-state index in [-0.39, 0.29) is 30.2 Å². The van der Waals surface area contributed by atoms with Crippen LogP contribution in [0.25, 0.3) is 0 Å². The monoisotopic (exact) mass is 708 g/mol. The number of unbranched alkanes of at least 4 members (excludes halogenated alkanes) is 3. The van der Waals surface area contributed by atoms with Gasteiger partial charge in [0.1, 0.15) is 23.0 Å². The lowest BCUT2D eigenvalue weighted by Gasteiger charge is -2.40. The summed E-state index contributed by atoms with van der Waals surface area (Å²) in [7, 11) is 0. The second-order valence-corrected chi connectivity index (χ2v) is 12.1. The van der Waals surface area contributed by atoms with Crippen LogP contribution < -0.4 is 20.3 Å². The van der Waals surface area contributed by atoms with Gasteiger partial charge in [0.15, 0.2) is 0 Å². The number of ether oxygens (including phenoxy) is 1. The van der Waals surface area contributed by atoms with Crippen molar-refractivity contribution < 1.29 is 42.7 Å². The molecule has 5 rings (SSSR count). The number of para-hydroxylation sites is 1. The third-order valence-corrected chi connectivity index (χ3v) is 8.48. The van der Waals surface area contributed by atoms with Crippen molar-refractivity contribution in [3.8, 4) is 6.01 Å². The van der Waals surface area contributed by atoms with Gasteiger partial charge in [0, 0.05) is 46.9 Å². The van der Waals surface area contributed by atoms with E-state index in [1.807, 2.05) is 0 Å². The molecule has 0 bridgehead atoms. The molecule has 4 N–H and O–H groups in total. The summed E-state index contributed by atoms with van der Waals surface area (Å²) in [6.45, 7) is 2.92. The minimum absolute atomic E-state index is 0.0769. The maximum atomic E-state index is 14.9. The lowest BCUT2D eigenvalue weighted by molar-refractivity contribution is -0.492. The molecule has 2 heterocycles. The van der Waals surface area contributed by atoms with Gasteiger partial charge in [0.2, 0.25) is 12.0 Å². The van der Waals surface area contributed by atoms with Gasteiger partial charge >= 0.3 is 6.01 Å². The summed E-state index contributed by atoms with van der Waals surface area (Å²) in [4.78, 5) is 43.0. The molecule has 3 aromatic carbocycles. The van der Waals surface area contributed by atoms with E-state index in [0.29, 0.717) is 60.3 Å². The van der Waals surface area contributed by atoms with Gasteiger partial charge in [-0.3, -0.25) is 30.2 Å². The number of halogens is 3. The number of amides is 2. The number of aromatic nitrogens is 2. The first kappa shape index (κ1) is 37.3. The standard InChI is InChI=1S/C36H39F3N6O6/c1-23-18-24(2)43-35(42-23)51-33(34(47)40-16-10-3-4-11-17-50-45(48)49)36(25-12-6-5-7-13-25)28-14-8-9-15-31(28)44(32(46)21-41-36)22-27-29(38)19-26(37)20-30(27)39/h5-9,12-15,18-20,33,41,48-49H,3-4,10-11,16-17,21-22H2,1-2H3,(H,40,47)/t33-,36+/m1/s1. The van der Waals surface area contributed by atoms with E-state index in [9.17, 15) is 22.8 Å². The van der Waals surface area contributed by atoms with Crippen molar-refractivity contribution in [1.29, 1.82) is 0 Å². The number of benzene rings is 3. The predicted molar refractivity (Wildman–Crippen MR) is 178 cm³/mol. The van der Waals surface area contributed by atoms with Crippen LogP contribution >= 0.6 is 0 Å². The van der Waals surface area contributed by atoms with Crippen LogP contribution in [0.3, 0.4) is 0 Å². The smallest absolute Gasteiger partial charge is 0.317 e. The third-order valence-electron chi connectivity index (χ3n) is 8.48. The van der Waals surface area contributed by atoms with Gasteiger partial charge in [0.05, 0.1) is 25.1 Å². The molecule has 0 saturated heterocycles. The van der Waals surface area contributed by atoms with Crippen molar-refractivity contribution in [3.05, 3.63) is 118 Å². The van der Waals surface area contributed by atoms with E-state index >= 15 is 0 Å². The van der Waals surface area contributed by atoms with Gasteiger partial charge in [-0.15, -0.1) is 0 Å². The van der Waals surface area contributed by atoms with Crippen molar-refractivity contribution in [3.63, 3.8) is 0 Å². The summed E-state index contributed by atoms with van der Waals surface area (Å²) in [6.07, 6.45) is 1.06. The zero-order valence-corrected chi connectivity index (χ0v) is 28.1. The average Bonchev–Trinajstić information content (AvgIpc) is 3.20. The first-order valence-electron chi connectivity index (χ1n) is 16.4. The maximum absolute atomic E-state index is 14.9. The Labute approximate surface area is 292 Å². The number of nitrogens with zero attached hydrogens (tertiary/aromatic N) is 4. The van der Waals surface area contributed by atoms with Crippen LogP contribution in [0.1, 0.15) is 53.8 Å². The highest BCUT2D eigenvalue weighted by molar-refractivity contribution is 5.98. The van der Waals surface area contributed by atoms with Crippen molar-refractivity contribution in [2.75, 3.05) is 24.6 Å². The first-order chi connectivity index (χ1) is 24.5. The van der Waals surface area contributed by atoms with Gasteiger partial charge in [-0.2, -0.15) is 0 Å². The number of nitrogens with one attached hydrogen (secondary N) is 2. The van der Waals surface area contributed by atoms with E-state index < -0.39 is 59.6 Å². The van der Waals surface area contributed by atoms with Gasteiger partial charge in [-0.25, -0.2) is 23.1 Å². The molecule has 0 aliphatic carbocycles. The SMILES string of the molecule is Cc1cc(C)nc(O[C@H](C(=O)NCCCCCCON(O)O)[C@@]2(c3ccccc3)NCC(=O)N(Cc3c(F)cc(F)cc3F)c3ccccc32)n1. The molecular formula is C36H39F3N6O6. The van der Waals surface area contributed by atoms with Crippen LogP contribution in [0.5, 0.6) is 6.01 Å². The highest BCUT2D eigenvalue weighted by Gasteiger charge is 2.52. The normalized spacial score (nSPS) is 16.5. The molecule has 270 valence electrons. The van der Waals surface area contributed by atoms with Crippen LogP contribution in [0.15, 0.2) is 72.8 Å². The van der Waals surface area contributed by atoms with Crippen molar-refractivity contribution in [2.24, 2.45) is 0 Å². The Balaban J connectivity index is 1.58. The predicted octanol–water partition coefficient (Wildman–Crippen LogP) is 5.03. The highest BCUT2D eigenvalue weighted by Crippen LogP contribution is 2.42. The lowest BCUT2D eigenvalue weighted by Crippen LogP contribution is -2.61. The molecule has 51 heavy (non-hydrogen) atoms. The molecule has 0 spiro atoms. The third kappa shape index (κ3) is 8.87. The average molecular weight is 709 g/mol. The second kappa shape index (κ2) is 16.9. The van der Waals surface area contributed by atoms with Crippen LogP contribution in [0, 0.1) is 31.3 Å². The van der Waals surface area contributed by atoms with E-state index in [1.165, 1.54) is 4.90 Å². The maximum Gasteiger partial charge on any atom is 0.317 e. The molecular weight excluding hydrogens is 669 g/mol. The van der Waals surface area contributed by atoms with Gasteiger partial charge < -0.3 is 15.0 Å². The van der Waals surface area contributed by atoms with E-state index in [2.05, 4.69) is 25.4 Å². The van der Waals surface area contributed by atoms with Crippen LogP contribution in [0.4, 0.5) is 18.9 Å². The number of fused-ring (bicyclic) bond motifs is 1. The summed E-state index contributed by atoms with van der Waals surface area (Å²) < 4.78 is 50.2. The fourth-order valence-electron chi connectivity index (χ4n) is 6.20. The summed E-state index contributed by atoms with van der Waals surface area (Å²) >= 11 is 0. The fraction of sp³-hybridized carbons (Fsp3) is 0.333. The molecule has 12 nitrogen and oxygen atoms in total. The number of hydrogen-bond donors (Lipinski definition) is 4. The largest absolute Gasteiger partial charge is 0.447 e. The molecule has 0 radical (unpaired) electrons.